The molecule has 12 heteroatoms. The molecule has 12 nitrogen and oxygen atoms in total. The number of hydrogen-bond donors (Lipinski definition) is 0. The summed E-state index contributed by atoms with van der Waals surface area (Å²) in [5.41, 5.74) is 1.71. The van der Waals surface area contributed by atoms with Gasteiger partial charge in [-0.05, 0) is 48.5 Å². The first kappa shape index (κ1) is 32.0. The van der Waals surface area contributed by atoms with Crippen molar-refractivity contribution in [3.05, 3.63) is 156 Å². The van der Waals surface area contributed by atoms with Crippen molar-refractivity contribution >= 4 is 40.7 Å². The molecule has 0 aliphatic carbocycles. The number of benzene rings is 4. The Kier molecular flexibility index (Phi) is 9.16. The molecule has 1 fully saturated rings. The lowest BCUT2D eigenvalue weighted by Crippen LogP contribution is -2.38. The van der Waals surface area contributed by atoms with Crippen LogP contribution in [0.5, 0.6) is 0 Å². The Morgan fingerprint density at radius 3 is 1.76 bits per heavy atom. The van der Waals surface area contributed by atoms with Crippen LogP contribution in [0.2, 0.25) is 0 Å². The first-order valence-corrected chi connectivity index (χ1v) is 15.8. The summed E-state index contributed by atoms with van der Waals surface area (Å²) in [6, 6.07) is 33.8. The van der Waals surface area contributed by atoms with Crippen LogP contribution in [-0.2, 0) is 14.2 Å². The van der Waals surface area contributed by atoms with Gasteiger partial charge in [0.1, 0.15) is 31.4 Å². The number of aromatic nitrogens is 4. The molecule has 7 rings (SSSR count). The molecule has 248 valence electrons. The lowest BCUT2D eigenvalue weighted by Gasteiger charge is -2.20. The predicted octanol–water partition coefficient (Wildman–Crippen LogP) is 5.68. The van der Waals surface area contributed by atoms with E-state index in [1.807, 2.05) is 0 Å². The zero-order valence-electron chi connectivity index (χ0n) is 26.4. The zero-order chi connectivity index (χ0) is 34.5. The van der Waals surface area contributed by atoms with E-state index in [1.165, 1.54) is 12.7 Å². The molecule has 6 aromatic rings. The third-order valence-corrected chi connectivity index (χ3v) is 8.15. The van der Waals surface area contributed by atoms with Crippen molar-refractivity contribution in [2.75, 3.05) is 11.5 Å². The SMILES string of the molecule is O=C(OC[C@H]1O[C@@H](n2cnc3c(N(C(=O)c4ccccc4)C(=O)c4ccccc4)ncnc32)C[C@@H]1OC(=O)c1ccccc1)c1ccccc1. The van der Waals surface area contributed by atoms with Gasteiger partial charge in [-0.1, -0.05) is 72.8 Å². The van der Waals surface area contributed by atoms with Gasteiger partial charge in [-0.3, -0.25) is 14.2 Å². The van der Waals surface area contributed by atoms with Crippen LogP contribution in [0, 0.1) is 0 Å². The molecule has 50 heavy (non-hydrogen) atoms. The summed E-state index contributed by atoms with van der Waals surface area (Å²) in [5.74, 6) is -2.33. The van der Waals surface area contributed by atoms with Crippen LogP contribution in [0.3, 0.4) is 0 Å². The van der Waals surface area contributed by atoms with Gasteiger partial charge < -0.3 is 14.2 Å². The van der Waals surface area contributed by atoms with Crippen molar-refractivity contribution in [3.63, 3.8) is 0 Å². The van der Waals surface area contributed by atoms with Crippen molar-refractivity contribution in [3.8, 4) is 0 Å². The number of carbonyl (C=O) groups excluding carboxylic acids is 4. The number of carbonyl (C=O) groups is 4. The Labute approximate surface area is 285 Å². The maximum Gasteiger partial charge on any atom is 0.338 e. The molecule has 0 unspecified atom stereocenters. The van der Waals surface area contributed by atoms with E-state index < -0.39 is 42.2 Å². The highest BCUT2D eigenvalue weighted by Crippen LogP contribution is 2.35. The molecule has 0 radical (unpaired) electrons. The second-order valence-electron chi connectivity index (χ2n) is 11.3. The Bertz CT molecular complexity index is 2090. The molecule has 1 saturated heterocycles. The first-order chi connectivity index (χ1) is 24.5. The van der Waals surface area contributed by atoms with E-state index in [4.69, 9.17) is 14.2 Å². The molecule has 4 aromatic carbocycles. The van der Waals surface area contributed by atoms with Crippen LogP contribution in [0.4, 0.5) is 5.82 Å². The molecular formula is C38H29N5O7. The van der Waals surface area contributed by atoms with E-state index in [0.29, 0.717) is 11.1 Å². The zero-order valence-corrected chi connectivity index (χ0v) is 26.4. The summed E-state index contributed by atoms with van der Waals surface area (Å²) >= 11 is 0. The second-order valence-corrected chi connectivity index (χ2v) is 11.3. The monoisotopic (exact) mass is 667 g/mol. The highest BCUT2D eigenvalue weighted by Gasteiger charge is 2.41. The van der Waals surface area contributed by atoms with Gasteiger partial charge in [0.25, 0.3) is 11.8 Å². The maximum atomic E-state index is 13.9. The summed E-state index contributed by atoms with van der Waals surface area (Å²) in [6.07, 6.45) is 0.424. The minimum atomic E-state index is -0.838. The number of amides is 2. The highest BCUT2D eigenvalue weighted by atomic mass is 16.6. The molecule has 2 aromatic heterocycles. The molecule has 0 N–H and O–H groups in total. The number of nitrogens with zero attached hydrogens (tertiary/aromatic N) is 5. The van der Waals surface area contributed by atoms with Crippen LogP contribution in [0.15, 0.2) is 134 Å². The van der Waals surface area contributed by atoms with Crippen molar-refractivity contribution in [1.82, 2.24) is 19.5 Å². The Morgan fingerprint density at radius 2 is 1.20 bits per heavy atom. The molecule has 3 atom stereocenters. The lowest BCUT2D eigenvalue weighted by atomic mass is 10.1. The highest BCUT2D eigenvalue weighted by molar-refractivity contribution is 6.27. The first-order valence-electron chi connectivity index (χ1n) is 15.8. The third-order valence-electron chi connectivity index (χ3n) is 8.15. The number of rotatable bonds is 9. The number of ether oxygens (including phenoxy) is 3. The van der Waals surface area contributed by atoms with Crippen LogP contribution in [0.25, 0.3) is 11.2 Å². The summed E-state index contributed by atoms with van der Waals surface area (Å²) in [4.78, 5) is 68.0. The summed E-state index contributed by atoms with van der Waals surface area (Å²) in [5, 5.41) is 0. The topological polar surface area (TPSA) is 143 Å². The lowest BCUT2D eigenvalue weighted by molar-refractivity contribution is -0.0563. The van der Waals surface area contributed by atoms with Crippen LogP contribution in [-0.4, -0.2) is 62.1 Å². The van der Waals surface area contributed by atoms with Gasteiger partial charge in [-0.25, -0.2) is 29.4 Å². The van der Waals surface area contributed by atoms with Gasteiger partial charge in [-0.2, -0.15) is 0 Å². The smallest absolute Gasteiger partial charge is 0.338 e. The van der Waals surface area contributed by atoms with Crippen LogP contribution < -0.4 is 4.90 Å². The van der Waals surface area contributed by atoms with Gasteiger partial charge in [0.2, 0.25) is 0 Å². The van der Waals surface area contributed by atoms with Crippen molar-refractivity contribution in [2.45, 2.75) is 24.9 Å². The van der Waals surface area contributed by atoms with E-state index in [2.05, 4.69) is 15.0 Å². The van der Waals surface area contributed by atoms with E-state index in [0.717, 1.165) is 4.90 Å². The molecular weight excluding hydrogens is 638 g/mol. The van der Waals surface area contributed by atoms with E-state index in [1.54, 1.807) is 126 Å². The van der Waals surface area contributed by atoms with E-state index in [-0.39, 0.29) is 41.1 Å². The minimum Gasteiger partial charge on any atom is -0.459 e. The van der Waals surface area contributed by atoms with Gasteiger partial charge in [0.05, 0.1) is 17.5 Å². The number of anilines is 1. The van der Waals surface area contributed by atoms with Gasteiger partial charge in [0.15, 0.2) is 17.0 Å². The Hall–Kier alpha value is -6.53. The third kappa shape index (κ3) is 6.60. The van der Waals surface area contributed by atoms with E-state index >= 15 is 0 Å². The largest absolute Gasteiger partial charge is 0.459 e. The fourth-order valence-electron chi connectivity index (χ4n) is 5.66. The summed E-state index contributed by atoms with van der Waals surface area (Å²) in [6.45, 7) is -0.200. The average Bonchev–Trinajstić information content (AvgIpc) is 3.79. The number of hydrogen-bond acceptors (Lipinski definition) is 10. The van der Waals surface area contributed by atoms with Gasteiger partial charge in [0, 0.05) is 17.5 Å². The number of imide groups is 1. The molecule has 0 spiro atoms. The van der Waals surface area contributed by atoms with Crippen molar-refractivity contribution < 1.29 is 33.4 Å². The molecule has 0 saturated carbocycles. The van der Waals surface area contributed by atoms with Crippen molar-refractivity contribution in [1.29, 1.82) is 0 Å². The van der Waals surface area contributed by atoms with Crippen molar-refractivity contribution in [2.24, 2.45) is 0 Å². The standard InChI is InChI=1S/C38H29N5O7/c44-35(25-13-5-1-6-14-25)43(36(45)26-15-7-2-8-16-26)34-32-33(39-23-40-34)42(24-41-32)31-21-29(50-38(47)28-19-11-4-12-20-28)30(49-31)22-48-37(46)27-17-9-3-10-18-27/h1-20,23-24,29-31H,21-22H2/t29-,30+,31+/m0/s1. The maximum absolute atomic E-state index is 13.9. The van der Waals surface area contributed by atoms with Crippen LogP contribution in [0.1, 0.15) is 54.1 Å². The van der Waals surface area contributed by atoms with Gasteiger partial charge in [-0.15, -0.1) is 0 Å². The Morgan fingerprint density at radius 1 is 0.680 bits per heavy atom. The number of imidazole rings is 1. The van der Waals surface area contributed by atoms with Crippen LogP contribution >= 0.6 is 0 Å². The molecule has 1 aliphatic heterocycles. The van der Waals surface area contributed by atoms with Gasteiger partial charge >= 0.3 is 11.9 Å². The summed E-state index contributed by atoms with van der Waals surface area (Å²) < 4.78 is 19.4. The number of esters is 2. The fraction of sp³-hybridized carbons (Fsp3) is 0.132. The quantitative estimate of drug-likeness (QED) is 0.140. The minimum absolute atomic E-state index is 0.0187. The second kappa shape index (κ2) is 14.3. The average molecular weight is 668 g/mol. The van der Waals surface area contributed by atoms with E-state index in [9.17, 15) is 19.2 Å². The normalized spacial score (nSPS) is 16.8. The Balaban J connectivity index is 1.21. The number of fused-ring (bicyclic) bond motifs is 1. The predicted molar refractivity (Wildman–Crippen MR) is 180 cm³/mol. The molecule has 0 bridgehead atoms. The fourth-order valence-corrected chi connectivity index (χ4v) is 5.66. The molecule has 3 heterocycles. The summed E-state index contributed by atoms with van der Waals surface area (Å²) in [7, 11) is 0. The molecule has 2 amide bonds. The molecule has 1 aliphatic rings.